The Hall–Kier alpha value is -2.26. The summed E-state index contributed by atoms with van der Waals surface area (Å²) in [5.41, 5.74) is 0.179. The first kappa shape index (κ1) is 20.5. The average molecular weight is 460 g/mol. The average Bonchev–Trinajstić information content (AvgIpc) is 3.03. The van der Waals surface area contributed by atoms with Crippen LogP contribution in [0.4, 0.5) is 11.6 Å². The fraction of sp³-hybridized carbons (Fsp3) is 0.0588. The summed E-state index contributed by atoms with van der Waals surface area (Å²) in [6.07, 6.45) is 3.18. The molecule has 0 bridgehead atoms. The third kappa shape index (κ3) is 4.41. The summed E-state index contributed by atoms with van der Waals surface area (Å²) in [7, 11) is -2.43. The maximum absolute atomic E-state index is 12.8. The molecule has 0 spiro atoms. The van der Waals surface area contributed by atoms with Gasteiger partial charge in [-0.2, -0.15) is 0 Å². The van der Waals surface area contributed by atoms with Crippen LogP contribution < -0.4 is 10.0 Å². The third-order valence-electron chi connectivity index (χ3n) is 3.70. The molecule has 0 aliphatic carbocycles. The number of benzene rings is 2. The van der Waals surface area contributed by atoms with Crippen molar-refractivity contribution in [1.29, 1.82) is 0 Å². The molecular weight excluding hydrogens is 447 g/mol. The zero-order valence-corrected chi connectivity index (χ0v) is 17.4. The van der Waals surface area contributed by atoms with Gasteiger partial charge in [0.05, 0.1) is 15.7 Å². The Morgan fingerprint density at radius 1 is 1.07 bits per heavy atom. The Balaban J connectivity index is 1.93. The lowest BCUT2D eigenvalue weighted by Gasteiger charge is -2.12. The van der Waals surface area contributed by atoms with Crippen LogP contribution in [0.5, 0.6) is 0 Å². The number of carbonyl (C=O) groups is 1. The number of hydrogen-bond donors (Lipinski definition) is 2. The molecule has 28 heavy (non-hydrogen) atoms. The Morgan fingerprint density at radius 2 is 1.79 bits per heavy atom. The van der Waals surface area contributed by atoms with Crippen LogP contribution in [0.25, 0.3) is 0 Å². The Kier molecular flexibility index (Phi) is 5.85. The standard InChI is InChI=1S/C17H13Cl3N4O3S/c1-24-7-6-21-17(24)22-16(25)10-2-4-13(20)15(8-10)28(26,27)23-14-9-11(18)3-5-12(14)19/h2-9,23H,1H3,(H,21,22,25). The number of nitrogens with one attached hydrogen (secondary N) is 2. The number of rotatable bonds is 5. The third-order valence-corrected chi connectivity index (χ3v) is 6.11. The Morgan fingerprint density at radius 3 is 2.46 bits per heavy atom. The zero-order valence-electron chi connectivity index (χ0n) is 14.3. The van der Waals surface area contributed by atoms with Gasteiger partial charge >= 0.3 is 0 Å². The number of amides is 1. The van der Waals surface area contributed by atoms with Crippen molar-refractivity contribution in [2.75, 3.05) is 10.0 Å². The molecule has 3 aromatic rings. The number of aromatic nitrogens is 2. The maximum atomic E-state index is 12.8. The second-order valence-electron chi connectivity index (χ2n) is 5.69. The number of sulfonamides is 1. The maximum Gasteiger partial charge on any atom is 0.263 e. The fourth-order valence-corrected chi connectivity index (χ4v) is 4.28. The lowest BCUT2D eigenvalue weighted by molar-refractivity contribution is 0.102. The van der Waals surface area contributed by atoms with Gasteiger partial charge in [-0.05, 0) is 36.4 Å². The van der Waals surface area contributed by atoms with Crippen LogP contribution >= 0.6 is 34.8 Å². The minimum absolute atomic E-state index is 0.0563. The van der Waals surface area contributed by atoms with E-state index >= 15 is 0 Å². The Bertz CT molecular complexity index is 1160. The second-order valence-corrected chi connectivity index (χ2v) is 8.59. The summed E-state index contributed by atoms with van der Waals surface area (Å²) in [6, 6.07) is 8.25. The molecule has 0 atom stereocenters. The molecule has 0 aliphatic rings. The number of aryl methyl sites for hydroxylation is 1. The van der Waals surface area contributed by atoms with E-state index in [2.05, 4.69) is 15.0 Å². The van der Waals surface area contributed by atoms with E-state index in [0.29, 0.717) is 11.0 Å². The van der Waals surface area contributed by atoms with Crippen molar-refractivity contribution in [3.63, 3.8) is 0 Å². The number of halogens is 3. The molecule has 7 nitrogen and oxygen atoms in total. The van der Waals surface area contributed by atoms with E-state index < -0.39 is 15.9 Å². The minimum Gasteiger partial charge on any atom is -0.320 e. The molecule has 0 fully saturated rings. The van der Waals surface area contributed by atoms with E-state index in [0.717, 1.165) is 0 Å². The summed E-state index contributed by atoms with van der Waals surface area (Å²) in [4.78, 5) is 16.2. The van der Waals surface area contributed by atoms with Gasteiger partial charge in [-0.25, -0.2) is 13.4 Å². The van der Waals surface area contributed by atoms with Crippen molar-refractivity contribution in [1.82, 2.24) is 9.55 Å². The molecule has 0 saturated carbocycles. The molecule has 146 valence electrons. The summed E-state index contributed by atoms with van der Waals surface area (Å²) < 4.78 is 29.5. The van der Waals surface area contributed by atoms with Crippen molar-refractivity contribution in [2.24, 2.45) is 7.05 Å². The second kappa shape index (κ2) is 8.00. The number of anilines is 2. The smallest absolute Gasteiger partial charge is 0.263 e. The predicted molar refractivity (Wildman–Crippen MR) is 110 cm³/mol. The summed E-state index contributed by atoms with van der Waals surface area (Å²) in [6.45, 7) is 0. The summed E-state index contributed by atoms with van der Waals surface area (Å²) in [5, 5.41) is 2.99. The first-order valence-electron chi connectivity index (χ1n) is 7.73. The van der Waals surface area contributed by atoms with Gasteiger partial charge in [-0.15, -0.1) is 0 Å². The van der Waals surface area contributed by atoms with E-state index in [-0.39, 0.29) is 26.2 Å². The molecule has 1 amide bonds. The van der Waals surface area contributed by atoms with E-state index in [1.54, 1.807) is 17.8 Å². The zero-order chi connectivity index (χ0) is 20.5. The van der Waals surface area contributed by atoms with Crippen LogP contribution in [0.1, 0.15) is 10.4 Å². The van der Waals surface area contributed by atoms with Crippen LogP contribution in [0.15, 0.2) is 53.7 Å². The van der Waals surface area contributed by atoms with Crippen LogP contribution in [0.2, 0.25) is 15.1 Å². The Labute approximate surface area is 176 Å². The lowest BCUT2D eigenvalue weighted by Crippen LogP contribution is -2.18. The molecule has 0 saturated heterocycles. The highest BCUT2D eigenvalue weighted by atomic mass is 35.5. The van der Waals surface area contributed by atoms with Crippen molar-refractivity contribution in [3.8, 4) is 0 Å². The molecule has 3 rings (SSSR count). The highest BCUT2D eigenvalue weighted by Crippen LogP contribution is 2.30. The molecule has 0 aliphatic heterocycles. The van der Waals surface area contributed by atoms with Gasteiger partial charge in [0.2, 0.25) is 5.95 Å². The minimum atomic E-state index is -4.14. The largest absolute Gasteiger partial charge is 0.320 e. The van der Waals surface area contributed by atoms with Crippen molar-refractivity contribution < 1.29 is 13.2 Å². The molecule has 2 aromatic carbocycles. The molecule has 11 heteroatoms. The van der Waals surface area contributed by atoms with Crippen molar-refractivity contribution in [3.05, 3.63) is 69.4 Å². The summed E-state index contributed by atoms with van der Waals surface area (Å²) >= 11 is 18.0. The van der Waals surface area contributed by atoms with Gasteiger partial charge in [0, 0.05) is 30.0 Å². The van der Waals surface area contributed by atoms with E-state index in [1.807, 2.05) is 0 Å². The number of imidazole rings is 1. The molecule has 2 N–H and O–H groups in total. The SMILES string of the molecule is Cn1ccnc1NC(=O)c1ccc(Cl)c(S(=O)(=O)Nc2cc(Cl)ccc2Cl)c1. The lowest BCUT2D eigenvalue weighted by atomic mass is 10.2. The van der Waals surface area contributed by atoms with Gasteiger partial charge in [0.1, 0.15) is 4.90 Å². The number of carbonyl (C=O) groups excluding carboxylic acids is 1. The molecule has 0 unspecified atom stereocenters. The van der Waals surface area contributed by atoms with Crippen LogP contribution in [-0.4, -0.2) is 23.9 Å². The molecule has 1 heterocycles. The topological polar surface area (TPSA) is 93.1 Å². The number of hydrogen-bond acceptors (Lipinski definition) is 4. The normalized spacial score (nSPS) is 11.3. The number of nitrogens with zero attached hydrogens (tertiary/aromatic N) is 2. The van der Waals surface area contributed by atoms with Crippen molar-refractivity contribution >= 4 is 62.4 Å². The highest BCUT2D eigenvalue weighted by molar-refractivity contribution is 7.92. The van der Waals surface area contributed by atoms with E-state index in [4.69, 9.17) is 34.8 Å². The first-order chi connectivity index (χ1) is 13.2. The van der Waals surface area contributed by atoms with Gasteiger partial charge in [-0.1, -0.05) is 34.8 Å². The molecule has 0 radical (unpaired) electrons. The van der Waals surface area contributed by atoms with Gasteiger partial charge in [0.15, 0.2) is 0 Å². The van der Waals surface area contributed by atoms with Crippen molar-refractivity contribution in [2.45, 2.75) is 4.90 Å². The summed E-state index contributed by atoms with van der Waals surface area (Å²) in [5.74, 6) is -0.226. The quantitative estimate of drug-likeness (QED) is 0.590. The van der Waals surface area contributed by atoms with Gasteiger partial charge < -0.3 is 4.57 Å². The first-order valence-corrected chi connectivity index (χ1v) is 10.3. The van der Waals surface area contributed by atoms with E-state index in [9.17, 15) is 13.2 Å². The highest BCUT2D eigenvalue weighted by Gasteiger charge is 2.22. The molecular formula is C17H13Cl3N4O3S. The van der Waals surface area contributed by atoms with E-state index in [1.165, 1.54) is 42.6 Å². The molecule has 1 aromatic heterocycles. The van der Waals surface area contributed by atoms with Crippen LogP contribution in [0, 0.1) is 0 Å². The monoisotopic (exact) mass is 458 g/mol. The van der Waals surface area contributed by atoms with Gasteiger partial charge in [0.25, 0.3) is 15.9 Å². The van der Waals surface area contributed by atoms with Gasteiger partial charge in [-0.3, -0.25) is 14.8 Å². The fourth-order valence-electron chi connectivity index (χ4n) is 2.29. The van der Waals surface area contributed by atoms with Crippen LogP contribution in [-0.2, 0) is 17.1 Å². The predicted octanol–water partition coefficient (Wildman–Crippen LogP) is 4.43. The van der Waals surface area contributed by atoms with Crippen LogP contribution in [0.3, 0.4) is 0 Å².